The zero-order chi connectivity index (χ0) is 29.8. The van der Waals surface area contributed by atoms with Crippen LogP contribution < -0.4 is 5.32 Å². The van der Waals surface area contributed by atoms with Crippen LogP contribution in [0.5, 0.6) is 0 Å². The number of aldehydes is 1. The molecule has 1 amide bonds. The number of carbonyl (C=O) groups excluding carboxylic acids is 2. The quantitative estimate of drug-likeness (QED) is 0.171. The molecule has 1 fully saturated rings. The third-order valence-electron chi connectivity index (χ3n) is 7.42. The molecule has 0 spiro atoms. The van der Waals surface area contributed by atoms with Gasteiger partial charge in [-0.25, -0.2) is 31.9 Å². The topological polar surface area (TPSA) is 85.1 Å². The Balaban J connectivity index is 1.42. The van der Waals surface area contributed by atoms with Crippen LogP contribution in [0, 0.1) is 24.4 Å². The maximum Gasteiger partial charge on any atom is 0.253 e. The van der Waals surface area contributed by atoms with Crippen molar-refractivity contribution >= 4 is 23.2 Å². The van der Waals surface area contributed by atoms with Crippen molar-refractivity contribution in [2.75, 3.05) is 0 Å². The van der Waals surface area contributed by atoms with Gasteiger partial charge in [0.1, 0.15) is 34.3 Å². The van der Waals surface area contributed by atoms with Gasteiger partial charge >= 0.3 is 0 Å². The van der Waals surface area contributed by atoms with E-state index >= 15 is 8.78 Å². The first kappa shape index (κ1) is 27.3. The molecule has 0 aliphatic heterocycles. The molecular weight excluding hydrogens is 557 g/mol. The molecule has 212 valence electrons. The van der Waals surface area contributed by atoms with E-state index in [9.17, 15) is 22.8 Å². The van der Waals surface area contributed by atoms with Crippen LogP contribution in [0.1, 0.15) is 44.9 Å². The third-order valence-corrected chi connectivity index (χ3v) is 7.42. The smallest absolute Gasteiger partial charge is 0.253 e. The van der Waals surface area contributed by atoms with Crippen LogP contribution in [-0.4, -0.2) is 28.1 Å². The number of nitrogens with zero attached hydrogens (tertiary/aromatic N) is 2. The maximum atomic E-state index is 16.1. The fourth-order valence-electron chi connectivity index (χ4n) is 5.37. The van der Waals surface area contributed by atoms with Crippen LogP contribution in [0.3, 0.4) is 0 Å². The molecule has 6 nitrogen and oxygen atoms in total. The molecule has 1 aliphatic rings. The Bertz CT molecular complexity index is 1860. The van der Waals surface area contributed by atoms with Crippen LogP contribution in [0.2, 0.25) is 0 Å². The van der Waals surface area contributed by atoms with E-state index in [1.165, 1.54) is 67.8 Å². The summed E-state index contributed by atoms with van der Waals surface area (Å²) < 4.78 is 78.4. The van der Waals surface area contributed by atoms with Crippen molar-refractivity contribution in [1.82, 2.24) is 15.3 Å². The fraction of sp³-hybridized carbons (Fsp3) is 0.161. The van der Waals surface area contributed by atoms with Gasteiger partial charge in [0.2, 0.25) is 0 Å². The van der Waals surface area contributed by atoms with Crippen LogP contribution in [0.25, 0.3) is 33.4 Å². The minimum atomic E-state index is -3.05. The first-order valence-electron chi connectivity index (χ1n) is 12.8. The Labute approximate surface area is 235 Å². The predicted molar refractivity (Wildman–Crippen MR) is 142 cm³/mol. The normalized spacial score (nSPS) is 15.3. The van der Waals surface area contributed by atoms with Gasteiger partial charge in [-0.3, -0.25) is 9.59 Å². The van der Waals surface area contributed by atoms with Crippen molar-refractivity contribution in [3.8, 4) is 22.5 Å². The zero-order valence-corrected chi connectivity index (χ0v) is 21.9. The van der Waals surface area contributed by atoms with Crippen LogP contribution >= 0.6 is 0 Å². The number of halogens is 5. The Kier molecular flexibility index (Phi) is 6.40. The first-order valence-corrected chi connectivity index (χ1v) is 12.8. The Morgan fingerprint density at radius 2 is 1.67 bits per heavy atom. The molecule has 5 aromatic rings. The molecular formula is C31H20F5N3O3. The summed E-state index contributed by atoms with van der Waals surface area (Å²) in [5, 5.41) is 2.37. The number of nitrogens with one attached hydrogen (secondary N) is 1. The van der Waals surface area contributed by atoms with Gasteiger partial charge in [-0.05, 0) is 72.6 Å². The van der Waals surface area contributed by atoms with E-state index in [0.717, 1.165) is 6.07 Å². The molecule has 11 heteroatoms. The van der Waals surface area contributed by atoms with Crippen molar-refractivity contribution in [3.05, 3.63) is 107 Å². The summed E-state index contributed by atoms with van der Waals surface area (Å²) in [6.07, 6.45) is 1.65. The van der Waals surface area contributed by atoms with Crippen molar-refractivity contribution in [2.45, 2.75) is 31.2 Å². The largest absolute Gasteiger partial charge is 0.455 e. The average Bonchev–Trinajstić information content (AvgIpc) is 3.34. The van der Waals surface area contributed by atoms with Crippen LogP contribution in [-0.2, 0) is 5.54 Å². The molecule has 0 atom stereocenters. The minimum Gasteiger partial charge on any atom is -0.455 e. The molecule has 1 N–H and O–H groups in total. The lowest BCUT2D eigenvalue weighted by Gasteiger charge is -2.46. The summed E-state index contributed by atoms with van der Waals surface area (Å²) in [6, 6.07) is 11.5. The SMILES string of the molecule is Cc1c(F)cc(C(=O)NC2(c3ncccn3)CC(F)(F)C2)cc1-c1ccc2oc(-c3ccc(F)cc3)c(C=O)c2c1F. The average molecular weight is 578 g/mol. The standard InChI is InChI=1S/C31H20F5N3O3/c1-16-21(20-7-8-24-25(26(20)34)22(13-40)27(42-24)17-3-5-19(32)6-4-17)11-18(12-23(16)33)28(41)39-30(14-31(35,36)15-30)29-37-9-2-10-38-29/h2-13H,14-15H2,1H3,(H,39,41). The number of aromatic nitrogens is 2. The summed E-state index contributed by atoms with van der Waals surface area (Å²) in [6.45, 7) is 1.39. The van der Waals surface area contributed by atoms with Crippen molar-refractivity contribution < 1.29 is 36.0 Å². The number of carbonyl (C=O) groups is 2. The third kappa shape index (κ3) is 4.50. The van der Waals surface area contributed by atoms with E-state index in [-0.39, 0.29) is 50.4 Å². The number of benzene rings is 3. The minimum absolute atomic E-state index is 0.00452. The van der Waals surface area contributed by atoms with E-state index in [1.54, 1.807) is 0 Å². The van der Waals surface area contributed by atoms with Crippen molar-refractivity contribution in [2.24, 2.45) is 0 Å². The Morgan fingerprint density at radius 3 is 2.31 bits per heavy atom. The highest BCUT2D eigenvalue weighted by Gasteiger charge is 2.60. The number of rotatable bonds is 6. The first-order chi connectivity index (χ1) is 20.0. The molecule has 42 heavy (non-hydrogen) atoms. The molecule has 0 unspecified atom stereocenters. The molecule has 1 saturated carbocycles. The lowest BCUT2D eigenvalue weighted by Crippen LogP contribution is -2.60. The van der Waals surface area contributed by atoms with E-state index in [0.29, 0.717) is 11.8 Å². The van der Waals surface area contributed by atoms with E-state index in [4.69, 9.17) is 4.42 Å². The highest BCUT2D eigenvalue weighted by molar-refractivity contribution is 6.05. The molecule has 0 radical (unpaired) electrons. The number of alkyl halides is 2. The summed E-state index contributed by atoms with van der Waals surface area (Å²) in [7, 11) is 0. The molecule has 6 rings (SSSR count). The van der Waals surface area contributed by atoms with Crippen molar-refractivity contribution in [3.63, 3.8) is 0 Å². The number of fused-ring (bicyclic) bond motifs is 1. The van der Waals surface area contributed by atoms with Gasteiger partial charge in [0.05, 0.1) is 10.9 Å². The number of hydrogen-bond donors (Lipinski definition) is 1. The van der Waals surface area contributed by atoms with Crippen molar-refractivity contribution in [1.29, 1.82) is 0 Å². The lowest BCUT2D eigenvalue weighted by molar-refractivity contribution is -0.136. The lowest BCUT2D eigenvalue weighted by atomic mass is 9.72. The maximum absolute atomic E-state index is 16.1. The van der Waals surface area contributed by atoms with E-state index in [2.05, 4.69) is 15.3 Å². The second-order valence-electron chi connectivity index (χ2n) is 10.2. The van der Waals surface area contributed by atoms with Gasteiger partial charge in [0, 0.05) is 41.9 Å². The second-order valence-corrected chi connectivity index (χ2v) is 10.2. The van der Waals surface area contributed by atoms with Gasteiger partial charge in [-0.1, -0.05) is 0 Å². The second kappa shape index (κ2) is 9.86. The highest BCUT2D eigenvalue weighted by atomic mass is 19.3. The van der Waals surface area contributed by atoms with Gasteiger partial charge < -0.3 is 9.73 Å². The van der Waals surface area contributed by atoms with E-state index in [1.807, 2.05) is 0 Å². The summed E-state index contributed by atoms with van der Waals surface area (Å²) in [4.78, 5) is 33.4. The monoisotopic (exact) mass is 577 g/mol. The Morgan fingerprint density at radius 1 is 0.976 bits per heavy atom. The molecule has 3 aromatic carbocycles. The molecule has 2 heterocycles. The molecule has 2 aromatic heterocycles. The summed E-state index contributed by atoms with van der Waals surface area (Å²) in [5.41, 5.74) is -1.68. The number of hydrogen-bond acceptors (Lipinski definition) is 5. The number of amides is 1. The predicted octanol–water partition coefficient (Wildman–Crippen LogP) is 7.15. The van der Waals surface area contributed by atoms with E-state index < -0.39 is 47.7 Å². The van der Waals surface area contributed by atoms with Crippen LogP contribution in [0.15, 0.2) is 71.4 Å². The molecule has 0 saturated heterocycles. The van der Waals surface area contributed by atoms with Gasteiger partial charge in [-0.15, -0.1) is 0 Å². The van der Waals surface area contributed by atoms with Gasteiger partial charge in [0.25, 0.3) is 11.8 Å². The van der Waals surface area contributed by atoms with Gasteiger partial charge in [-0.2, -0.15) is 0 Å². The zero-order valence-electron chi connectivity index (χ0n) is 21.9. The highest BCUT2D eigenvalue weighted by Crippen LogP contribution is 2.50. The summed E-state index contributed by atoms with van der Waals surface area (Å²) in [5.74, 6) is -6.16. The van der Waals surface area contributed by atoms with Crippen LogP contribution in [0.4, 0.5) is 22.0 Å². The Hall–Kier alpha value is -4.93. The summed E-state index contributed by atoms with van der Waals surface area (Å²) >= 11 is 0. The number of furan rings is 1. The molecule has 0 bridgehead atoms. The fourth-order valence-corrected chi connectivity index (χ4v) is 5.37. The van der Waals surface area contributed by atoms with Gasteiger partial charge in [0.15, 0.2) is 12.1 Å². The molecule has 1 aliphatic carbocycles.